The molecule has 1 fully saturated rings. The molecule has 1 N–H and O–H groups in total. The highest BCUT2D eigenvalue weighted by molar-refractivity contribution is 6.74. The van der Waals surface area contributed by atoms with Crippen LogP contribution in [0.3, 0.4) is 0 Å². The third-order valence-electron chi connectivity index (χ3n) is 7.24. The van der Waals surface area contributed by atoms with Crippen molar-refractivity contribution in [2.24, 2.45) is 0 Å². The number of methoxy groups -OCH3 is 2. The predicted molar refractivity (Wildman–Crippen MR) is 146 cm³/mol. The number of ether oxygens (including phenoxy) is 3. The van der Waals surface area contributed by atoms with Crippen molar-refractivity contribution >= 4 is 20.0 Å². The number of nitrogens with zero attached hydrogens (tertiary/aromatic N) is 1. The van der Waals surface area contributed by atoms with Gasteiger partial charge in [-0.15, -0.1) is 0 Å². The molecule has 1 aliphatic heterocycles. The average molecular weight is 515 g/mol. The second-order valence-electron chi connectivity index (χ2n) is 10.9. The molecule has 36 heavy (non-hydrogen) atoms. The van der Waals surface area contributed by atoms with Gasteiger partial charge in [0.05, 0.1) is 45.6 Å². The Morgan fingerprint density at radius 2 is 1.64 bits per heavy atom. The molecule has 0 unspecified atom stereocenters. The Hall–Kier alpha value is -2.39. The Bertz CT molecular complexity index is 962. The van der Waals surface area contributed by atoms with Crippen LogP contribution in [-0.4, -0.2) is 71.3 Å². The zero-order chi connectivity index (χ0) is 26.3. The summed E-state index contributed by atoms with van der Waals surface area (Å²) in [6.45, 7) is 13.1. The number of carbonyl (C=O) groups excluding carboxylic acids is 1. The fourth-order valence-electron chi connectivity index (χ4n) is 4.09. The molecule has 0 amide bonds. The van der Waals surface area contributed by atoms with Crippen LogP contribution in [0.15, 0.2) is 54.6 Å². The maximum atomic E-state index is 12.2. The van der Waals surface area contributed by atoms with E-state index in [1.165, 1.54) is 7.11 Å². The van der Waals surface area contributed by atoms with Gasteiger partial charge in [-0.05, 0) is 48.0 Å². The fourth-order valence-corrected chi connectivity index (χ4v) is 5.42. The molecule has 3 atom stereocenters. The van der Waals surface area contributed by atoms with E-state index >= 15 is 0 Å². The van der Waals surface area contributed by atoms with Crippen LogP contribution >= 0.6 is 0 Å². The minimum atomic E-state index is -2.12. The van der Waals surface area contributed by atoms with E-state index in [2.05, 4.69) is 56.2 Å². The van der Waals surface area contributed by atoms with E-state index in [1.54, 1.807) is 7.11 Å². The van der Waals surface area contributed by atoms with Crippen LogP contribution in [-0.2, 0) is 25.3 Å². The normalized spacial score (nSPS) is 21.1. The lowest BCUT2D eigenvalue weighted by Gasteiger charge is -2.48. The summed E-state index contributed by atoms with van der Waals surface area (Å²) in [6.07, 6.45) is -0.382. The minimum Gasteiger partial charge on any atom is -0.497 e. The number of anilines is 1. The lowest BCUT2D eigenvalue weighted by molar-refractivity contribution is -0.144. The maximum absolute atomic E-state index is 12.2. The molecule has 1 saturated heterocycles. The van der Waals surface area contributed by atoms with Crippen LogP contribution in [0, 0.1) is 0 Å². The monoisotopic (exact) mass is 514 g/mol. The van der Waals surface area contributed by atoms with Gasteiger partial charge in [-0.25, -0.2) is 0 Å². The van der Waals surface area contributed by atoms with Crippen molar-refractivity contribution < 1.29 is 23.4 Å². The molecule has 8 heteroatoms. The number of benzene rings is 2. The van der Waals surface area contributed by atoms with Gasteiger partial charge in [0.25, 0.3) is 0 Å². The molecule has 7 nitrogen and oxygen atoms in total. The van der Waals surface area contributed by atoms with E-state index in [1.807, 2.05) is 42.5 Å². The zero-order valence-electron chi connectivity index (χ0n) is 22.7. The lowest BCUT2D eigenvalue weighted by atomic mass is 9.98. The molecule has 0 saturated carbocycles. The maximum Gasteiger partial charge on any atom is 0.319 e. The summed E-state index contributed by atoms with van der Waals surface area (Å²) in [5.74, 6) is 0.545. The van der Waals surface area contributed by atoms with Crippen molar-refractivity contribution in [1.29, 1.82) is 0 Å². The van der Waals surface area contributed by atoms with Gasteiger partial charge in [-0.1, -0.05) is 51.1 Å². The standard InChI is InChI=1S/C28H42N2O5Si/c1-28(2,3)36(6,7)35-25-18-30(19-26(31)33-5)17-24(34-20-21-11-9-8-10-12-21)27(25)29-22-13-15-23(32-4)16-14-22/h8-16,24-25,27,29H,17-20H2,1-7H3/t24-,25+,27+/m0/s1. The summed E-state index contributed by atoms with van der Waals surface area (Å²) in [6, 6.07) is 17.9. The molecule has 0 radical (unpaired) electrons. The van der Waals surface area contributed by atoms with E-state index in [0.717, 1.165) is 17.0 Å². The van der Waals surface area contributed by atoms with Gasteiger partial charge >= 0.3 is 5.97 Å². The van der Waals surface area contributed by atoms with Crippen molar-refractivity contribution in [2.75, 3.05) is 39.2 Å². The predicted octanol–water partition coefficient (Wildman–Crippen LogP) is 4.94. The smallest absolute Gasteiger partial charge is 0.319 e. The highest BCUT2D eigenvalue weighted by Gasteiger charge is 2.45. The largest absolute Gasteiger partial charge is 0.497 e. The first-order valence-corrected chi connectivity index (χ1v) is 15.5. The summed E-state index contributed by atoms with van der Waals surface area (Å²) >= 11 is 0. The molecule has 0 aromatic heterocycles. The molecule has 2 aromatic rings. The number of carbonyl (C=O) groups is 1. The lowest BCUT2D eigenvalue weighted by Crippen LogP contribution is -2.63. The Morgan fingerprint density at radius 3 is 2.22 bits per heavy atom. The van der Waals surface area contributed by atoms with Crippen molar-refractivity contribution in [3.05, 3.63) is 60.2 Å². The van der Waals surface area contributed by atoms with Gasteiger partial charge < -0.3 is 24.0 Å². The Kier molecular flexibility index (Phi) is 9.57. The average Bonchev–Trinajstić information content (AvgIpc) is 2.84. The van der Waals surface area contributed by atoms with Crippen molar-refractivity contribution in [3.8, 4) is 5.75 Å². The van der Waals surface area contributed by atoms with Gasteiger partial charge in [0.2, 0.25) is 0 Å². The first kappa shape index (κ1) is 28.2. The summed E-state index contributed by atoms with van der Waals surface area (Å²) in [5, 5.41) is 3.75. The fraction of sp³-hybridized carbons (Fsp3) is 0.536. The number of hydrogen-bond acceptors (Lipinski definition) is 7. The number of nitrogens with one attached hydrogen (secondary N) is 1. The highest BCUT2D eigenvalue weighted by atomic mass is 28.4. The number of rotatable bonds is 10. The van der Waals surface area contributed by atoms with Crippen LogP contribution in [0.4, 0.5) is 5.69 Å². The van der Waals surface area contributed by atoms with Crippen LogP contribution in [0.1, 0.15) is 26.3 Å². The molecule has 0 bridgehead atoms. The number of piperidine rings is 1. The molecule has 1 heterocycles. The first-order chi connectivity index (χ1) is 17.0. The molecule has 1 aliphatic rings. The summed E-state index contributed by atoms with van der Waals surface area (Å²) in [4.78, 5) is 14.3. The second kappa shape index (κ2) is 12.2. The molecule has 0 spiro atoms. The molecular weight excluding hydrogens is 472 g/mol. The molecule has 0 aliphatic carbocycles. The van der Waals surface area contributed by atoms with E-state index in [9.17, 15) is 4.79 Å². The highest BCUT2D eigenvalue weighted by Crippen LogP contribution is 2.39. The minimum absolute atomic E-state index is 0.0443. The number of esters is 1. The van der Waals surface area contributed by atoms with Gasteiger partial charge in [-0.2, -0.15) is 0 Å². The molecule has 2 aromatic carbocycles. The van der Waals surface area contributed by atoms with Gasteiger partial charge in [-0.3, -0.25) is 9.69 Å². The van der Waals surface area contributed by atoms with Crippen LogP contribution in [0.25, 0.3) is 0 Å². The van der Waals surface area contributed by atoms with Gasteiger partial charge in [0, 0.05) is 18.8 Å². The van der Waals surface area contributed by atoms with Gasteiger partial charge in [0.1, 0.15) is 5.75 Å². The molecular formula is C28H42N2O5Si. The Balaban J connectivity index is 1.91. The van der Waals surface area contributed by atoms with Crippen LogP contribution < -0.4 is 10.1 Å². The zero-order valence-corrected chi connectivity index (χ0v) is 23.7. The third-order valence-corrected chi connectivity index (χ3v) is 11.7. The van der Waals surface area contributed by atoms with E-state index < -0.39 is 8.32 Å². The first-order valence-electron chi connectivity index (χ1n) is 12.6. The van der Waals surface area contributed by atoms with Crippen molar-refractivity contribution in [1.82, 2.24) is 4.90 Å². The van der Waals surface area contributed by atoms with Gasteiger partial charge in [0.15, 0.2) is 8.32 Å². The van der Waals surface area contributed by atoms with E-state index in [-0.39, 0.29) is 35.8 Å². The van der Waals surface area contributed by atoms with E-state index in [0.29, 0.717) is 19.7 Å². The van der Waals surface area contributed by atoms with Crippen LogP contribution in [0.5, 0.6) is 5.75 Å². The van der Waals surface area contributed by atoms with Crippen molar-refractivity contribution in [2.45, 2.75) is 63.8 Å². The third kappa shape index (κ3) is 7.55. The second-order valence-corrected chi connectivity index (χ2v) is 15.7. The Labute approximate surface area is 217 Å². The Morgan fingerprint density at radius 1 is 1.00 bits per heavy atom. The summed E-state index contributed by atoms with van der Waals surface area (Å²) in [7, 11) is 0.968. The quantitative estimate of drug-likeness (QED) is 0.356. The molecule has 3 rings (SSSR count). The summed E-state index contributed by atoms with van der Waals surface area (Å²) < 4.78 is 23.8. The topological polar surface area (TPSA) is 69.3 Å². The number of likely N-dealkylation sites (tertiary alicyclic amines) is 1. The van der Waals surface area contributed by atoms with Crippen molar-refractivity contribution in [3.63, 3.8) is 0 Å². The van der Waals surface area contributed by atoms with Crippen LogP contribution in [0.2, 0.25) is 18.1 Å². The summed E-state index contributed by atoms with van der Waals surface area (Å²) in [5.41, 5.74) is 2.08. The number of hydrogen-bond donors (Lipinski definition) is 1. The van der Waals surface area contributed by atoms with E-state index in [4.69, 9.17) is 18.6 Å². The molecule has 198 valence electrons. The SMILES string of the molecule is COC(=O)CN1C[C@H](OCc2ccccc2)[C@@H](Nc2ccc(OC)cc2)[C@H](O[Si](C)(C)C(C)(C)C)C1.